The zero-order valence-electron chi connectivity index (χ0n) is 5.85. The highest BCUT2D eigenvalue weighted by Gasteiger charge is 1.69. The van der Waals surface area contributed by atoms with Gasteiger partial charge in [0, 0.05) is 8.03 Å². The second kappa shape index (κ2) is 15.8. The Hall–Kier alpha value is -0.0800. The van der Waals surface area contributed by atoms with E-state index in [1.165, 1.54) is 0 Å². The minimum absolute atomic E-state index is 0. The first kappa shape index (κ1) is 10.8. The number of aliphatic hydroxyl groups excluding tert-OH is 1. The van der Waals surface area contributed by atoms with Crippen LogP contribution in [0.5, 0.6) is 0 Å². The fourth-order valence-corrected chi connectivity index (χ4v) is 0.158. The van der Waals surface area contributed by atoms with E-state index in [1.807, 2.05) is 6.92 Å². The zero-order valence-corrected chi connectivity index (χ0v) is 5.85. The van der Waals surface area contributed by atoms with Gasteiger partial charge in [0.2, 0.25) is 0 Å². The summed E-state index contributed by atoms with van der Waals surface area (Å²) in [5, 5.41) is 8.07. The topological polar surface area (TPSA) is 46.2 Å². The van der Waals surface area contributed by atoms with E-state index in [4.69, 9.17) is 10.8 Å². The van der Waals surface area contributed by atoms with Crippen LogP contribution < -0.4 is 5.73 Å². The lowest BCUT2D eigenvalue weighted by Gasteiger charge is -1.79. The van der Waals surface area contributed by atoms with Crippen LogP contribution in [0.4, 0.5) is 0 Å². The van der Waals surface area contributed by atoms with Crippen LogP contribution in [-0.4, -0.2) is 18.3 Å². The van der Waals surface area contributed by atoms with Crippen LogP contribution in [0, 0.1) is 0 Å². The molecule has 8 heavy (non-hydrogen) atoms. The van der Waals surface area contributed by atoms with Gasteiger partial charge in [0.05, 0.1) is 0 Å². The molecule has 0 bridgehead atoms. The van der Waals surface area contributed by atoms with Crippen molar-refractivity contribution in [2.45, 2.75) is 26.7 Å². The summed E-state index contributed by atoms with van der Waals surface area (Å²) in [6, 6.07) is 0. The predicted molar refractivity (Wildman–Crippen MR) is 38.8 cm³/mol. The number of hydrogen-bond donors (Lipinski definition) is 2. The largest absolute Gasteiger partial charge is 0.396 e. The fourth-order valence-electron chi connectivity index (χ4n) is 0.158. The van der Waals surface area contributed by atoms with E-state index in [0.29, 0.717) is 6.61 Å². The van der Waals surface area contributed by atoms with Crippen LogP contribution in [0.15, 0.2) is 0 Å². The van der Waals surface area contributed by atoms with E-state index < -0.39 is 0 Å². The maximum atomic E-state index is 8.07. The molecule has 0 spiro atoms. The van der Waals surface area contributed by atoms with Gasteiger partial charge >= 0.3 is 0 Å². The molecule has 2 heteroatoms. The molecular formula is C6H19NO. The maximum absolute atomic E-state index is 8.07. The molecule has 0 saturated carbocycles. The Morgan fingerprint density at radius 2 is 1.88 bits per heavy atom. The van der Waals surface area contributed by atoms with Crippen molar-refractivity contribution in [3.63, 3.8) is 0 Å². The summed E-state index contributed by atoms with van der Waals surface area (Å²) in [5.41, 5.74) is 4.85. The molecule has 0 aliphatic heterocycles. The van der Waals surface area contributed by atoms with Crippen molar-refractivity contribution in [1.29, 1.82) is 0 Å². The average molecular weight is 121 g/mol. The predicted octanol–water partition coefficient (Wildman–Crippen LogP) is 0.990. The van der Waals surface area contributed by atoms with Gasteiger partial charge in [-0.2, -0.15) is 0 Å². The Bertz CT molecular complexity index is 27.0. The molecule has 0 aliphatic rings. The third-order valence-electron chi connectivity index (χ3n) is 0.512. The molecule has 0 saturated heterocycles. The Morgan fingerprint density at radius 3 is 1.88 bits per heavy atom. The average Bonchev–Trinajstić information content (AvgIpc) is 1.71. The second-order valence-electron chi connectivity index (χ2n) is 1.49. The van der Waals surface area contributed by atoms with Gasteiger partial charge in [0.1, 0.15) is 0 Å². The number of aliphatic hydroxyl groups is 1. The van der Waals surface area contributed by atoms with Crippen molar-refractivity contribution in [1.82, 2.24) is 0 Å². The van der Waals surface area contributed by atoms with E-state index in [2.05, 4.69) is 6.92 Å². The quantitative estimate of drug-likeness (QED) is 0.572. The fraction of sp³-hybridized carbons (Fsp3) is 1.00. The summed E-state index contributed by atoms with van der Waals surface area (Å²) in [7, 11) is 0. The summed E-state index contributed by atoms with van der Waals surface area (Å²) in [5.74, 6) is 0. The van der Waals surface area contributed by atoms with Gasteiger partial charge in [-0.1, -0.05) is 20.3 Å². The SMILES string of the molecule is CCCCO.CCN.[HH]. The van der Waals surface area contributed by atoms with Crippen LogP contribution in [0.1, 0.15) is 28.1 Å². The van der Waals surface area contributed by atoms with Crippen molar-refractivity contribution < 1.29 is 6.53 Å². The Balaban J connectivity index is -0.0000000800. The molecule has 0 aromatic rings. The van der Waals surface area contributed by atoms with Crippen molar-refractivity contribution in [2.75, 3.05) is 13.2 Å². The molecule has 0 aliphatic carbocycles. The summed E-state index contributed by atoms with van der Waals surface area (Å²) in [6.45, 7) is 5.05. The molecular weight excluding hydrogens is 102 g/mol. The Kier molecular flexibility index (Phi) is 21.3. The minimum Gasteiger partial charge on any atom is -0.396 e. The standard InChI is InChI=1S/C4H10O.C2H7N.H2/c1-2-3-4-5;1-2-3;/h5H,2-4H2,1H3;2-3H2,1H3;1H. The highest BCUT2D eigenvalue weighted by Crippen LogP contribution is 1.78. The van der Waals surface area contributed by atoms with Crippen LogP contribution in [-0.2, 0) is 0 Å². The molecule has 0 aromatic heterocycles. The van der Waals surface area contributed by atoms with E-state index >= 15 is 0 Å². The number of rotatable bonds is 2. The van der Waals surface area contributed by atoms with E-state index in [-0.39, 0.29) is 1.43 Å². The van der Waals surface area contributed by atoms with Crippen LogP contribution in [0.2, 0.25) is 0 Å². The smallest absolute Gasteiger partial charge is 0.0430 e. The second-order valence-corrected chi connectivity index (χ2v) is 1.49. The van der Waals surface area contributed by atoms with Gasteiger partial charge in [0.15, 0.2) is 0 Å². The van der Waals surface area contributed by atoms with Gasteiger partial charge in [-0.3, -0.25) is 0 Å². The Morgan fingerprint density at radius 1 is 1.50 bits per heavy atom. The first-order chi connectivity index (χ1) is 3.83. The molecule has 0 rings (SSSR count). The zero-order chi connectivity index (χ0) is 6.83. The Labute approximate surface area is 53.2 Å². The molecule has 54 valence electrons. The highest BCUT2D eigenvalue weighted by atomic mass is 16.2. The van der Waals surface area contributed by atoms with Crippen molar-refractivity contribution in [3.8, 4) is 0 Å². The van der Waals surface area contributed by atoms with Crippen molar-refractivity contribution in [3.05, 3.63) is 0 Å². The van der Waals surface area contributed by atoms with Gasteiger partial charge in [-0.25, -0.2) is 0 Å². The van der Waals surface area contributed by atoms with E-state index in [1.54, 1.807) is 0 Å². The molecule has 0 amide bonds. The summed E-state index contributed by atoms with van der Waals surface area (Å²) < 4.78 is 0. The number of hydrogen-bond acceptors (Lipinski definition) is 2. The minimum atomic E-state index is 0. The van der Waals surface area contributed by atoms with E-state index in [9.17, 15) is 0 Å². The lowest BCUT2D eigenvalue weighted by Crippen LogP contribution is -1.87. The van der Waals surface area contributed by atoms with Gasteiger partial charge in [0.25, 0.3) is 0 Å². The summed E-state index contributed by atoms with van der Waals surface area (Å²) >= 11 is 0. The van der Waals surface area contributed by atoms with E-state index in [0.717, 1.165) is 19.4 Å². The van der Waals surface area contributed by atoms with Crippen LogP contribution in [0.3, 0.4) is 0 Å². The highest BCUT2D eigenvalue weighted by molar-refractivity contribution is 4.23. The first-order valence-electron chi connectivity index (χ1n) is 3.14. The molecule has 0 atom stereocenters. The first-order valence-corrected chi connectivity index (χ1v) is 3.14. The van der Waals surface area contributed by atoms with Crippen LogP contribution in [0.25, 0.3) is 0 Å². The summed E-state index contributed by atoms with van der Waals surface area (Å²) in [6.07, 6.45) is 2.04. The lowest BCUT2D eigenvalue weighted by atomic mass is 10.4. The molecule has 0 radical (unpaired) electrons. The molecule has 3 N–H and O–H groups in total. The third-order valence-corrected chi connectivity index (χ3v) is 0.512. The maximum Gasteiger partial charge on any atom is 0.0430 e. The van der Waals surface area contributed by atoms with Crippen LogP contribution >= 0.6 is 0 Å². The molecule has 0 aromatic carbocycles. The molecule has 0 heterocycles. The summed E-state index contributed by atoms with van der Waals surface area (Å²) in [4.78, 5) is 0. The number of nitrogens with two attached hydrogens (primary N) is 1. The van der Waals surface area contributed by atoms with Gasteiger partial charge in [-0.15, -0.1) is 0 Å². The third kappa shape index (κ3) is 38.9. The molecule has 2 nitrogen and oxygen atoms in total. The van der Waals surface area contributed by atoms with Gasteiger partial charge < -0.3 is 10.8 Å². The van der Waals surface area contributed by atoms with Crippen molar-refractivity contribution in [2.24, 2.45) is 5.73 Å². The monoisotopic (exact) mass is 121 g/mol. The van der Waals surface area contributed by atoms with Crippen molar-refractivity contribution >= 4 is 0 Å². The number of unbranched alkanes of at least 4 members (excludes halogenated alkanes) is 1. The molecule has 0 fully saturated rings. The van der Waals surface area contributed by atoms with Gasteiger partial charge in [-0.05, 0) is 13.0 Å². The molecule has 0 unspecified atom stereocenters. The lowest BCUT2D eigenvalue weighted by molar-refractivity contribution is 0.287. The normalized spacial score (nSPS) is 7.50.